The van der Waals surface area contributed by atoms with Crippen molar-refractivity contribution in [2.45, 2.75) is 24.7 Å². The highest BCUT2D eigenvalue weighted by Gasteiger charge is 2.39. The SMILES string of the molecule is COc1cc(NC(=O)C2CC2C)c(C(=O)OCC(=O)NCCc2ccc(S(N)(=O)=O)cc2)cc1OC. The molecule has 4 N–H and O–H groups in total. The Morgan fingerprint density at radius 3 is 2.22 bits per heavy atom. The predicted molar refractivity (Wildman–Crippen MR) is 130 cm³/mol. The maximum Gasteiger partial charge on any atom is 0.340 e. The molecule has 0 spiro atoms. The summed E-state index contributed by atoms with van der Waals surface area (Å²) in [5, 5.41) is 10.4. The Morgan fingerprint density at radius 2 is 1.67 bits per heavy atom. The lowest BCUT2D eigenvalue weighted by atomic mass is 10.1. The summed E-state index contributed by atoms with van der Waals surface area (Å²) in [6.07, 6.45) is 1.20. The minimum Gasteiger partial charge on any atom is -0.493 e. The summed E-state index contributed by atoms with van der Waals surface area (Å²) in [5.41, 5.74) is 1.01. The molecule has 1 aliphatic rings. The molecule has 1 fully saturated rings. The average molecular weight is 520 g/mol. The van der Waals surface area contributed by atoms with Crippen LogP contribution in [0.4, 0.5) is 5.69 Å². The van der Waals surface area contributed by atoms with E-state index in [1.165, 1.54) is 38.5 Å². The zero-order valence-corrected chi connectivity index (χ0v) is 21.0. The van der Waals surface area contributed by atoms with Crippen LogP contribution in [0.2, 0.25) is 0 Å². The van der Waals surface area contributed by atoms with Crippen molar-refractivity contribution >= 4 is 33.5 Å². The number of amides is 2. The van der Waals surface area contributed by atoms with E-state index < -0.39 is 28.5 Å². The zero-order valence-electron chi connectivity index (χ0n) is 20.2. The molecule has 1 aliphatic carbocycles. The smallest absolute Gasteiger partial charge is 0.340 e. The Bertz CT molecular complexity index is 1240. The van der Waals surface area contributed by atoms with Crippen molar-refractivity contribution in [3.8, 4) is 11.5 Å². The number of benzene rings is 2. The minimum atomic E-state index is -3.77. The Balaban J connectivity index is 1.57. The van der Waals surface area contributed by atoms with Gasteiger partial charge in [-0.3, -0.25) is 9.59 Å². The first-order valence-corrected chi connectivity index (χ1v) is 12.7. The molecule has 2 atom stereocenters. The maximum absolute atomic E-state index is 12.8. The molecule has 0 bridgehead atoms. The number of esters is 1. The fourth-order valence-corrected chi connectivity index (χ4v) is 4.03. The normalized spacial score (nSPS) is 16.6. The number of carbonyl (C=O) groups is 3. The van der Waals surface area contributed by atoms with Gasteiger partial charge in [0.25, 0.3) is 5.91 Å². The predicted octanol–water partition coefficient (Wildman–Crippen LogP) is 1.46. The molecule has 0 aromatic heterocycles. The summed E-state index contributed by atoms with van der Waals surface area (Å²) < 4.78 is 38.3. The van der Waals surface area contributed by atoms with Crippen LogP contribution in [0.5, 0.6) is 11.5 Å². The molecular formula is C24H29N3O8S. The van der Waals surface area contributed by atoms with Crippen LogP contribution in [-0.2, 0) is 30.8 Å². The van der Waals surface area contributed by atoms with Crippen molar-refractivity contribution in [3.05, 3.63) is 47.5 Å². The van der Waals surface area contributed by atoms with Crippen molar-refractivity contribution < 1.29 is 37.0 Å². The average Bonchev–Trinajstić information content (AvgIpc) is 3.58. The topological polar surface area (TPSA) is 163 Å². The third kappa shape index (κ3) is 6.95. The van der Waals surface area contributed by atoms with E-state index in [0.717, 1.165) is 12.0 Å². The van der Waals surface area contributed by atoms with Gasteiger partial charge >= 0.3 is 5.97 Å². The summed E-state index contributed by atoms with van der Waals surface area (Å²) in [4.78, 5) is 37.4. The number of carbonyl (C=O) groups excluding carboxylic acids is 3. The van der Waals surface area contributed by atoms with Crippen molar-refractivity contribution in [2.24, 2.45) is 17.0 Å². The van der Waals surface area contributed by atoms with E-state index in [9.17, 15) is 22.8 Å². The quantitative estimate of drug-likeness (QED) is 0.376. The summed E-state index contributed by atoms with van der Waals surface area (Å²) in [5.74, 6) is -0.812. The number of anilines is 1. The third-order valence-electron chi connectivity index (χ3n) is 5.77. The van der Waals surface area contributed by atoms with Gasteiger partial charge in [-0.1, -0.05) is 19.1 Å². The molecule has 0 aliphatic heterocycles. The first-order valence-electron chi connectivity index (χ1n) is 11.2. The number of nitrogens with one attached hydrogen (secondary N) is 2. The van der Waals surface area contributed by atoms with Crippen LogP contribution < -0.4 is 25.2 Å². The van der Waals surface area contributed by atoms with E-state index >= 15 is 0 Å². The largest absolute Gasteiger partial charge is 0.493 e. The number of nitrogens with two attached hydrogens (primary N) is 1. The zero-order chi connectivity index (χ0) is 26.5. The van der Waals surface area contributed by atoms with Gasteiger partial charge in [0.2, 0.25) is 15.9 Å². The fourth-order valence-electron chi connectivity index (χ4n) is 3.52. The maximum atomic E-state index is 12.8. The number of ether oxygens (including phenoxy) is 3. The summed E-state index contributed by atoms with van der Waals surface area (Å²) in [6.45, 7) is 1.67. The molecule has 2 aromatic carbocycles. The number of hydrogen-bond acceptors (Lipinski definition) is 8. The van der Waals surface area contributed by atoms with Crippen LogP contribution in [-0.4, -0.2) is 53.6 Å². The van der Waals surface area contributed by atoms with Gasteiger partial charge in [0.15, 0.2) is 18.1 Å². The molecule has 2 unspecified atom stereocenters. The second-order valence-corrected chi connectivity index (χ2v) is 9.99. The molecule has 0 saturated heterocycles. The van der Waals surface area contributed by atoms with Gasteiger partial charge in [-0.15, -0.1) is 0 Å². The van der Waals surface area contributed by atoms with Gasteiger partial charge in [0.1, 0.15) is 0 Å². The van der Waals surface area contributed by atoms with Crippen LogP contribution in [0.1, 0.15) is 29.3 Å². The Labute approximate surface area is 209 Å². The molecule has 36 heavy (non-hydrogen) atoms. The highest BCUT2D eigenvalue weighted by molar-refractivity contribution is 7.89. The summed E-state index contributed by atoms with van der Waals surface area (Å²) >= 11 is 0. The lowest BCUT2D eigenvalue weighted by Crippen LogP contribution is -2.30. The molecule has 0 heterocycles. The van der Waals surface area contributed by atoms with E-state index in [1.807, 2.05) is 6.92 Å². The van der Waals surface area contributed by atoms with Gasteiger partial charge in [-0.25, -0.2) is 18.4 Å². The molecule has 0 radical (unpaired) electrons. The molecule has 1 saturated carbocycles. The van der Waals surface area contributed by atoms with Crippen LogP contribution in [0.15, 0.2) is 41.3 Å². The molecule has 11 nitrogen and oxygen atoms in total. The van der Waals surface area contributed by atoms with Gasteiger partial charge in [-0.2, -0.15) is 0 Å². The second kappa shape index (κ2) is 11.4. The van der Waals surface area contributed by atoms with Crippen molar-refractivity contribution in [3.63, 3.8) is 0 Å². The lowest BCUT2D eigenvalue weighted by molar-refractivity contribution is -0.124. The van der Waals surface area contributed by atoms with Crippen LogP contribution in [0.3, 0.4) is 0 Å². The standard InChI is InChI=1S/C24H29N3O8S/c1-14-10-17(14)23(29)27-19-12-21(34-3)20(33-2)11-18(19)24(30)35-13-22(28)26-9-8-15-4-6-16(7-5-15)36(25,31)32/h4-7,11-12,14,17H,8-10,13H2,1-3H3,(H,26,28)(H,27,29)(H2,25,31,32). The van der Waals surface area contributed by atoms with Gasteiger partial charge in [0, 0.05) is 24.6 Å². The van der Waals surface area contributed by atoms with E-state index in [4.69, 9.17) is 19.3 Å². The first-order chi connectivity index (χ1) is 17.0. The Hall–Kier alpha value is -3.64. The van der Waals surface area contributed by atoms with Crippen LogP contribution in [0, 0.1) is 11.8 Å². The Morgan fingerprint density at radius 1 is 1.06 bits per heavy atom. The number of rotatable bonds is 11. The monoisotopic (exact) mass is 519 g/mol. The van der Waals surface area contributed by atoms with Crippen molar-refractivity contribution in [1.29, 1.82) is 0 Å². The van der Waals surface area contributed by atoms with E-state index in [-0.39, 0.29) is 46.2 Å². The fraction of sp³-hybridized carbons (Fsp3) is 0.375. The molecule has 3 rings (SSSR count). The molecule has 194 valence electrons. The molecular weight excluding hydrogens is 490 g/mol. The van der Waals surface area contributed by atoms with E-state index in [1.54, 1.807) is 12.1 Å². The van der Waals surface area contributed by atoms with Gasteiger partial charge in [-0.05, 0) is 36.5 Å². The summed E-state index contributed by atoms with van der Waals surface area (Å²) in [7, 11) is -0.927. The molecule has 2 amide bonds. The third-order valence-corrected chi connectivity index (χ3v) is 6.70. The molecule has 2 aromatic rings. The molecule has 12 heteroatoms. The van der Waals surface area contributed by atoms with Crippen molar-refractivity contribution in [1.82, 2.24) is 5.32 Å². The lowest BCUT2D eigenvalue weighted by Gasteiger charge is -2.15. The van der Waals surface area contributed by atoms with E-state index in [2.05, 4.69) is 10.6 Å². The minimum absolute atomic E-state index is 0.000405. The highest BCUT2D eigenvalue weighted by atomic mass is 32.2. The number of hydrogen-bond donors (Lipinski definition) is 3. The van der Waals surface area contributed by atoms with Crippen LogP contribution >= 0.6 is 0 Å². The van der Waals surface area contributed by atoms with Crippen LogP contribution in [0.25, 0.3) is 0 Å². The van der Waals surface area contributed by atoms with Crippen molar-refractivity contribution in [2.75, 3.05) is 32.7 Å². The number of primary sulfonamides is 1. The number of methoxy groups -OCH3 is 2. The second-order valence-electron chi connectivity index (χ2n) is 8.43. The van der Waals surface area contributed by atoms with Gasteiger partial charge < -0.3 is 24.8 Å². The summed E-state index contributed by atoms with van der Waals surface area (Å²) in [6, 6.07) is 8.83. The highest BCUT2D eigenvalue weighted by Crippen LogP contribution is 2.40. The number of sulfonamides is 1. The van der Waals surface area contributed by atoms with E-state index in [0.29, 0.717) is 12.2 Å². The van der Waals surface area contributed by atoms with Gasteiger partial charge in [0.05, 0.1) is 30.4 Å². The first kappa shape index (κ1) is 27.0. The Kier molecular flexibility index (Phi) is 8.53.